The molecule has 2 aromatic rings. The molecule has 1 aromatic heterocycles. The molecule has 6 heteroatoms. The fraction of sp³-hybridized carbons (Fsp3) is 0.316. The fourth-order valence-corrected chi connectivity index (χ4v) is 2.98. The molecule has 1 fully saturated rings. The van der Waals surface area contributed by atoms with Crippen LogP contribution < -0.4 is 9.80 Å². The van der Waals surface area contributed by atoms with Crippen LogP contribution in [0.15, 0.2) is 54.7 Å². The van der Waals surface area contributed by atoms with E-state index in [-0.39, 0.29) is 0 Å². The van der Waals surface area contributed by atoms with Gasteiger partial charge < -0.3 is 14.7 Å². The lowest BCUT2D eigenvalue weighted by Crippen LogP contribution is -2.53. The number of carbonyl (C=O) groups is 2. The minimum Gasteiger partial charge on any atom is -0.353 e. The maximum Gasteiger partial charge on any atom is 0.316 e. The Morgan fingerprint density at radius 3 is 2.28 bits per heavy atom. The molecule has 1 aromatic carbocycles. The molecule has 0 bridgehead atoms. The predicted molar refractivity (Wildman–Crippen MR) is 97.5 cm³/mol. The molecule has 0 atom stereocenters. The summed E-state index contributed by atoms with van der Waals surface area (Å²) in [6.07, 6.45) is 1.76. The summed E-state index contributed by atoms with van der Waals surface area (Å²) in [6, 6.07) is 15.1. The summed E-state index contributed by atoms with van der Waals surface area (Å²) in [4.78, 5) is 34.9. The van der Waals surface area contributed by atoms with Crippen molar-refractivity contribution in [3.63, 3.8) is 0 Å². The van der Waals surface area contributed by atoms with E-state index in [1.165, 1.54) is 4.90 Å². The summed E-state index contributed by atoms with van der Waals surface area (Å²) in [5.74, 6) is -0.00763. The van der Waals surface area contributed by atoms with Crippen LogP contribution in [0.25, 0.3) is 0 Å². The van der Waals surface area contributed by atoms with Gasteiger partial charge in [0.15, 0.2) is 0 Å². The van der Waals surface area contributed by atoms with Crippen LogP contribution in [0.2, 0.25) is 0 Å². The van der Waals surface area contributed by atoms with E-state index in [4.69, 9.17) is 0 Å². The number of pyridine rings is 1. The third-order valence-corrected chi connectivity index (χ3v) is 4.35. The van der Waals surface area contributed by atoms with Gasteiger partial charge >= 0.3 is 11.8 Å². The molecular formula is C19H22N4O2. The number of hydrogen-bond acceptors (Lipinski definition) is 4. The number of benzene rings is 1. The van der Waals surface area contributed by atoms with Gasteiger partial charge in [-0.25, -0.2) is 4.98 Å². The van der Waals surface area contributed by atoms with Crippen LogP contribution in [-0.2, 0) is 9.59 Å². The number of carbonyl (C=O) groups excluding carboxylic acids is 2. The van der Waals surface area contributed by atoms with Crippen LogP contribution in [0, 0.1) is 0 Å². The highest BCUT2D eigenvalue weighted by Gasteiger charge is 2.29. The average Bonchev–Trinajstić information content (AvgIpc) is 2.69. The van der Waals surface area contributed by atoms with Gasteiger partial charge in [0.05, 0.1) is 0 Å². The van der Waals surface area contributed by atoms with Gasteiger partial charge in [-0.1, -0.05) is 24.3 Å². The van der Waals surface area contributed by atoms with Crippen molar-refractivity contribution in [2.75, 3.05) is 42.5 Å². The van der Waals surface area contributed by atoms with E-state index in [1.807, 2.05) is 55.5 Å². The molecule has 0 N–H and O–H groups in total. The lowest BCUT2D eigenvalue weighted by atomic mass is 10.2. The van der Waals surface area contributed by atoms with Gasteiger partial charge in [0.2, 0.25) is 0 Å². The second kappa shape index (κ2) is 7.79. The van der Waals surface area contributed by atoms with Crippen molar-refractivity contribution in [1.29, 1.82) is 0 Å². The predicted octanol–water partition coefficient (Wildman–Crippen LogP) is 1.78. The van der Waals surface area contributed by atoms with Gasteiger partial charge in [0.1, 0.15) is 5.82 Å². The maximum atomic E-state index is 12.6. The molecule has 130 valence electrons. The largest absolute Gasteiger partial charge is 0.353 e. The molecule has 2 heterocycles. The Bertz CT molecular complexity index is 713. The van der Waals surface area contributed by atoms with Gasteiger partial charge in [0.25, 0.3) is 0 Å². The molecule has 1 saturated heterocycles. The lowest BCUT2D eigenvalue weighted by molar-refractivity contribution is -0.144. The molecule has 0 saturated carbocycles. The van der Waals surface area contributed by atoms with Crippen LogP contribution >= 0.6 is 0 Å². The van der Waals surface area contributed by atoms with Gasteiger partial charge in [0, 0.05) is 44.6 Å². The normalized spacial score (nSPS) is 14.3. The second-order valence-corrected chi connectivity index (χ2v) is 5.85. The number of amides is 2. The molecule has 1 aliphatic heterocycles. The van der Waals surface area contributed by atoms with Crippen molar-refractivity contribution in [3.05, 3.63) is 54.7 Å². The molecular weight excluding hydrogens is 316 g/mol. The lowest BCUT2D eigenvalue weighted by Gasteiger charge is -2.35. The first-order chi connectivity index (χ1) is 12.2. The van der Waals surface area contributed by atoms with Crippen molar-refractivity contribution in [1.82, 2.24) is 9.88 Å². The topological polar surface area (TPSA) is 56.8 Å². The molecule has 3 rings (SSSR count). The van der Waals surface area contributed by atoms with Crippen molar-refractivity contribution < 1.29 is 9.59 Å². The number of hydrogen-bond donors (Lipinski definition) is 0. The van der Waals surface area contributed by atoms with Crippen molar-refractivity contribution in [3.8, 4) is 0 Å². The van der Waals surface area contributed by atoms with Gasteiger partial charge in [-0.05, 0) is 31.2 Å². The zero-order chi connectivity index (χ0) is 17.6. The quantitative estimate of drug-likeness (QED) is 0.801. The van der Waals surface area contributed by atoms with Gasteiger partial charge in [-0.3, -0.25) is 9.59 Å². The molecule has 0 aliphatic carbocycles. The zero-order valence-electron chi connectivity index (χ0n) is 14.3. The van der Waals surface area contributed by atoms with E-state index in [1.54, 1.807) is 11.1 Å². The van der Waals surface area contributed by atoms with Crippen LogP contribution in [0.1, 0.15) is 6.92 Å². The molecule has 6 nitrogen and oxygen atoms in total. The molecule has 2 amide bonds. The van der Waals surface area contributed by atoms with Crippen molar-refractivity contribution >= 4 is 23.3 Å². The van der Waals surface area contributed by atoms with Gasteiger partial charge in [-0.15, -0.1) is 0 Å². The number of nitrogens with zero attached hydrogens (tertiary/aromatic N) is 4. The highest BCUT2D eigenvalue weighted by Crippen LogP contribution is 2.16. The zero-order valence-corrected chi connectivity index (χ0v) is 14.3. The van der Waals surface area contributed by atoms with Crippen molar-refractivity contribution in [2.24, 2.45) is 0 Å². The Morgan fingerprint density at radius 1 is 1.00 bits per heavy atom. The summed E-state index contributed by atoms with van der Waals surface area (Å²) in [5.41, 5.74) is 0.746. The fourth-order valence-electron chi connectivity index (χ4n) is 2.98. The van der Waals surface area contributed by atoms with E-state index >= 15 is 0 Å². The summed E-state index contributed by atoms with van der Waals surface area (Å²) < 4.78 is 0. The Kier molecular flexibility index (Phi) is 5.28. The Balaban J connectivity index is 1.63. The molecule has 0 spiro atoms. The van der Waals surface area contributed by atoms with Gasteiger partial charge in [-0.2, -0.15) is 0 Å². The Hall–Kier alpha value is -2.89. The van der Waals surface area contributed by atoms with E-state index in [2.05, 4.69) is 9.88 Å². The van der Waals surface area contributed by atoms with E-state index < -0.39 is 11.8 Å². The van der Waals surface area contributed by atoms with Crippen LogP contribution in [-0.4, -0.2) is 54.4 Å². The average molecular weight is 338 g/mol. The molecule has 25 heavy (non-hydrogen) atoms. The highest BCUT2D eigenvalue weighted by molar-refractivity contribution is 6.40. The Labute approximate surface area is 147 Å². The minimum atomic E-state index is -0.472. The van der Waals surface area contributed by atoms with E-state index in [9.17, 15) is 9.59 Å². The Morgan fingerprint density at radius 2 is 1.68 bits per heavy atom. The molecule has 1 aliphatic rings. The highest BCUT2D eigenvalue weighted by atomic mass is 16.2. The van der Waals surface area contributed by atoms with E-state index in [0.717, 1.165) is 11.5 Å². The smallest absolute Gasteiger partial charge is 0.316 e. The number of likely N-dealkylation sites (N-methyl/N-ethyl adjacent to an activating group) is 1. The number of para-hydroxylation sites is 1. The standard InChI is InChI=1S/C19H22N4O2/c1-2-23(16-8-4-3-5-9-16)19(25)18(24)22-14-12-21(13-15-22)17-10-6-7-11-20-17/h3-11H,2,12-15H2,1H3. The molecule has 0 unspecified atom stereocenters. The monoisotopic (exact) mass is 338 g/mol. The maximum absolute atomic E-state index is 12.6. The minimum absolute atomic E-state index is 0.439. The third kappa shape index (κ3) is 3.79. The summed E-state index contributed by atoms with van der Waals surface area (Å²) in [7, 11) is 0. The van der Waals surface area contributed by atoms with Crippen LogP contribution in [0.5, 0.6) is 0 Å². The number of rotatable bonds is 3. The first-order valence-corrected chi connectivity index (χ1v) is 8.52. The number of anilines is 2. The summed E-state index contributed by atoms with van der Waals surface area (Å²) in [5, 5.41) is 0. The van der Waals surface area contributed by atoms with Crippen LogP contribution in [0.4, 0.5) is 11.5 Å². The SMILES string of the molecule is CCN(C(=O)C(=O)N1CCN(c2ccccn2)CC1)c1ccccc1. The first-order valence-electron chi connectivity index (χ1n) is 8.52. The third-order valence-electron chi connectivity index (χ3n) is 4.35. The number of aromatic nitrogens is 1. The molecule has 0 radical (unpaired) electrons. The van der Waals surface area contributed by atoms with Crippen molar-refractivity contribution in [2.45, 2.75) is 6.92 Å². The summed E-state index contributed by atoms with van der Waals surface area (Å²) in [6.45, 7) is 4.72. The van der Waals surface area contributed by atoms with E-state index in [0.29, 0.717) is 32.7 Å². The number of piperazine rings is 1. The second-order valence-electron chi connectivity index (χ2n) is 5.85. The van der Waals surface area contributed by atoms with Crippen LogP contribution in [0.3, 0.4) is 0 Å². The first kappa shape index (κ1) is 17.0. The summed E-state index contributed by atoms with van der Waals surface area (Å²) >= 11 is 0.